The van der Waals surface area contributed by atoms with Crippen LogP contribution in [0, 0.1) is 5.92 Å². The van der Waals surface area contributed by atoms with Crippen LogP contribution in [0.2, 0.25) is 0 Å². The smallest absolute Gasteiger partial charge is 0.284 e. The van der Waals surface area contributed by atoms with E-state index in [1.165, 1.54) is 12.4 Å². The number of hydrogen-bond donors (Lipinski definition) is 2. The fourth-order valence-electron chi connectivity index (χ4n) is 5.65. The number of fused-ring (bicyclic) bond motifs is 4. The van der Waals surface area contributed by atoms with Crippen molar-refractivity contribution in [3.63, 3.8) is 0 Å². The lowest BCUT2D eigenvalue weighted by atomic mass is 9.87. The van der Waals surface area contributed by atoms with Crippen LogP contribution in [0.25, 0.3) is 5.65 Å². The summed E-state index contributed by atoms with van der Waals surface area (Å²) in [6.07, 6.45) is 7.60. The van der Waals surface area contributed by atoms with Gasteiger partial charge in [-0.15, -0.1) is 0 Å². The first kappa shape index (κ1) is 23.7. The summed E-state index contributed by atoms with van der Waals surface area (Å²) in [5.41, 5.74) is 1.31. The van der Waals surface area contributed by atoms with Crippen molar-refractivity contribution in [2.75, 3.05) is 35.7 Å². The van der Waals surface area contributed by atoms with Gasteiger partial charge in [0.25, 0.3) is 12.3 Å². The van der Waals surface area contributed by atoms with E-state index >= 15 is 0 Å². The molecule has 3 aromatic rings. The van der Waals surface area contributed by atoms with Crippen LogP contribution in [-0.4, -0.2) is 61.8 Å². The molecule has 0 aromatic carbocycles. The third kappa shape index (κ3) is 4.23. The number of ether oxygens (including phenoxy) is 1. The van der Waals surface area contributed by atoms with Crippen molar-refractivity contribution in [2.24, 2.45) is 5.92 Å². The van der Waals surface area contributed by atoms with Crippen LogP contribution in [0.1, 0.15) is 66.2 Å². The first-order valence-electron chi connectivity index (χ1n) is 12.5. The number of halogens is 2. The van der Waals surface area contributed by atoms with Crippen LogP contribution in [-0.2, 0) is 11.2 Å². The number of nitrogens with zero attached hydrogens (tertiary/aromatic N) is 6. The van der Waals surface area contributed by atoms with Gasteiger partial charge >= 0.3 is 0 Å². The second-order valence-electron chi connectivity index (χ2n) is 9.90. The van der Waals surface area contributed by atoms with Crippen molar-refractivity contribution in [3.8, 4) is 0 Å². The maximum atomic E-state index is 13.8. The van der Waals surface area contributed by atoms with Crippen LogP contribution >= 0.6 is 12.6 Å². The maximum absolute atomic E-state index is 13.8. The molecule has 1 saturated heterocycles. The van der Waals surface area contributed by atoms with E-state index in [-0.39, 0.29) is 23.3 Å². The topological polar surface area (TPSA) is 89.6 Å². The highest BCUT2D eigenvalue weighted by Crippen LogP contribution is 2.36. The number of carbonyl (C=O) groups is 1. The normalized spacial score (nSPS) is 24.1. The maximum Gasteiger partial charge on any atom is 0.284 e. The molecule has 2 fully saturated rings. The highest BCUT2D eigenvalue weighted by atomic mass is 32.1. The SMILES string of the molecule is O=C(Nc1cn(C2CCC(CS)CC2)nc1C(F)F)c1cnn2cc3c(nc12)N1CCOCC1CC3. The van der Waals surface area contributed by atoms with E-state index in [9.17, 15) is 13.6 Å². The number of nitrogens with one attached hydrogen (secondary N) is 1. The average Bonchev–Trinajstić information content (AvgIpc) is 3.51. The Hall–Kier alpha value is -2.73. The Labute approximate surface area is 212 Å². The van der Waals surface area contributed by atoms with E-state index in [0.29, 0.717) is 24.8 Å². The highest BCUT2D eigenvalue weighted by Gasteiger charge is 2.32. The molecule has 1 unspecified atom stereocenters. The number of anilines is 2. The molecule has 1 aliphatic carbocycles. The standard InChI is InChI=1S/C24H29F2N7O2S/c25-21(26)20-19(11-32(30-20)16-4-1-14(13-36)2-5-16)28-24(34)18-9-27-33-10-15-3-6-17-12-35-8-7-31(17)22(15)29-23(18)33/h9-11,14,16-17,21,36H,1-8,12-13H2,(H,28,34). The van der Waals surface area contributed by atoms with Gasteiger partial charge in [0.05, 0.1) is 37.2 Å². The minimum atomic E-state index is -2.80. The zero-order valence-electron chi connectivity index (χ0n) is 19.8. The molecular weight excluding hydrogens is 488 g/mol. The number of thiol groups is 1. The van der Waals surface area contributed by atoms with Gasteiger partial charge in [0.2, 0.25) is 0 Å². The number of carbonyl (C=O) groups excluding carboxylic acids is 1. The molecule has 192 valence electrons. The third-order valence-electron chi connectivity index (χ3n) is 7.70. The first-order valence-corrected chi connectivity index (χ1v) is 13.2. The molecule has 3 aliphatic rings. The van der Waals surface area contributed by atoms with Crippen molar-refractivity contribution in [1.82, 2.24) is 24.4 Å². The van der Waals surface area contributed by atoms with E-state index in [1.807, 2.05) is 6.20 Å². The van der Waals surface area contributed by atoms with Crippen molar-refractivity contribution >= 4 is 35.7 Å². The minimum Gasteiger partial charge on any atom is -0.377 e. The Balaban J connectivity index is 1.27. The van der Waals surface area contributed by atoms with Crippen LogP contribution in [0.5, 0.6) is 0 Å². The summed E-state index contributed by atoms with van der Waals surface area (Å²) >= 11 is 4.38. The van der Waals surface area contributed by atoms with Gasteiger partial charge in [-0.2, -0.15) is 22.8 Å². The number of morpholine rings is 1. The summed E-state index contributed by atoms with van der Waals surface area (Å²) < 4.78 is 36.5. The van der Waals surface area contributed by atoms with Gasteiger partial charge in [0.15, 0.2) is 11.3 Å². The number of hydrogen-bond acceptors (Lipinski definition) is 7. The largest absolute Gasteiger partial charge is 0.377 e. The average molecular weight is 518 g/mol. The quantitative estimate of drug-likeness (QED) is 0.499. The van der Waals surface area contributed by atoms with Gasteiger partial charge < -0.3 is 15.0 Å². The van der Waals surface area contributed by atoms with Gasteiger partial charge in [0.1, 0.15) is 11.4 Å². The molecule has 0 bridgehead atoms. The van der Waals surface area contributed by atoms with Crippen LogP contribution < -0.4 is 10.2 Å². The van der Waals surface area contributed by atoms with Gasteiger partial charge in [-0.25, -0.2) is 18.3 Å². The summed E-state index contributed by atoms with van der Waals surface area (Å²) in [5, 5.41) is 11.1. The molecule has 6 rings (SSSR count). The lowest BCUT2D eigenvalue weighted by Gasteiger charge is -2.40. The number of aryl methyl sites for hydroxylation is 1. The van der Waals surface area contributed by atoms with E-state index in [4.69, 9.17) is 9.72 Å². The van der Waals surface area contributed by atoms with Crippen LogP contribution in [0.4, 0.5) is 20.3 Å². The lowest BCUT2D eigenvalue weighted by molar-refractivity contribution is 0.0891. The predicted octanol–water partition coefficient (Wildman–Crippen LogP) is 3.93. The Bertz CT molecular complexity index is 1270. The van der Waals surface area contributed by atoms with Gasteiger partial charge in [-0.05, 0) is 50.2 Å². The van der Waals surface area contributed by atoms with E-state index in [0.717, 1.165) is 62.2 Å². The molecule has 1 saturated carbocycles. The zero-order chi connectivity index (χ0) is 24.8. The number of rotatable bonds is 5. The van der Waals surface area contributed by atoms with Gasteiger partial charge in [-0.1, -0.05) is 0 Å². The number of aromatic nitrogens is 5. The van der Waals surface area contributed by atoms with Crippen molar-refractivity contribution in [1.29, 1.82) is 0 Å². The minimum absolute atomic E-state index is 0.0249. The molecule has 9 nitrogen and oxygen atoms in total. The second-order valence-corrected chi connectivity index (χ2v) is 10.3. The highest BCUT2D eigenvalue weighted by molar-refractivity contribution is 7.80. The fourth-order valence-corrected chi connectivity index (χ4v) is 6.02. The molecule has 36 heavy (non-hydrogen) atoms. The molecule has 2 aliphatic heterocycles. The Morgan fingerprint density at radius 1 is 1.19 bits per heavy atom. The van der Waals surface area contributed by atoms with Crippen molar-refractivity contribution < 1.29 is 18.3 Å². The third-order valence-corrected chi connectivity index (χ3v) is 8.22. The summed E-state index contributed by atoms with van der Waals surface area (Å²) in [4.78, 5) is 20.3. The molecule has 5 heterocycles. The van der Waals surface area contributed by atoms with E-state index in [1.54, 1.807) is 9.20 Å². The summed E-state index contributed by atoms with van der Waals surface area (Å²) in [7, 11) is 0. The molecule has 0 radical (unpaired) electrons. The van der Waals surface area contributed by atoms with Crippen LogP contribution in [0.3, 0.4) is 0 Å². The molecule has 1 atom stereocenters. The predicted molar refractivity (Wildman–Crippen MR) is 133 cm³/mol. The molecule has 12 heteroatoms. The van der Waals surface area contributed by atoms with E-state index in [2.05, 4.69) is 33.0 Å². The van der Waals surface area contributed by atoms with E-state index < -0.39 is 18.0 Å². The summed E-state index contributed by atoms with van der Waals surface area (Å²) in [6.45, 7) is 2.03. The Morgan fingerprint density at radius 3 is 2.81 bits per heavy atom. The first-order chi connectivity index (χ1) is 17.5. The van der Waals surface area contributed by atoms with Gasteiger partial charge in [0, 0.05) is 24.5 Å². The monoisotopic (exact) mass is 517 g/mol. The zero-order valence-corrected chi connectivity index (χ0v) is 20.7. The molecule has 0 spiro atoms. The van der Waals surface area contributed by atoms with Crippen molar-refractivity contribution in [2.45, 2.75) is 57.0 Å². The number of amides is 1. The summed E-state index contributed by atoms with van der Waals surface area (Å²) in [6, 6.07) is 0.305. The molecule has 1 amide bonds. The molecule has 1 N–H and O–H groups in total. The Kier molecular flexibility index (Phi) is 6.32. The Morgan fingerprint density at radius 2 is 2.03 bits per heavy atom. The van der Waals surface area contributed by atoms with Gasteiger partial charge in [-0.3, -0.25) is 9.48 Å². The van der Waals surface area contributed by atoms with Crippen LogP contribution in [0.15, 0.2) is 18.6 Å². The lowest BCUT2D eigenvalue weighted by Crippen LogP contribution is -2.48. The summed E-state index contributed by atoms with van der Waals surface area (Å²) in [5.74, 6) is 1.69. The van der Waals surface area contributed by atoms with Crippen molar-refractivity contribution in [3.05, 3.63) is 35.4 Å². The fraction of sp³-hybridized carbons (Fsp3) is 0.583. The second kappa shape index (κ2) is 9.62. The molecular formula is C24H29F2N7O2S. The number of alkyl halides is 2. The molecule has 3 aromatic heterocycles.